The molecule has 1 amide bonds. The van der Waals surface area contributed by atoms with Crippen molar-refractivity contribution < 1.29 is 19.4 Å². The summed E-state index contributed by atoms with van der Waals surface area (Å²) in [5.74, 6) is 0.534. The number of hydrogen-bond donors (Lipinski definition) is 2. The number of carbonyl (C=O) groups is 1. The van der Waals surface area contributed by atoms with Crippen molar-refractivity contribution in [2.45, 2.75) is 26.9 Å². The lowest BCUT2D eigenvalue weighted by Gasteiger charge is -2.15. The zero-order valence-electron chi connectivity index (χ0n) is 15.0. The number of methoxy groups -OCH3 is 1. The topological polar surface area (TPSA) is 80.2 Å². The van der Waals surface area contributed by atoms with Gasteiger partial charge in [-0.2, -0.15) is 5.10 Å². The summed E-state index contributed by atoms with van der Waals surface area (Å²) in [5, 5.41) is 14.1. The summed E-state index contributed by atoms with van der Waals surface area (Å²) in [6.45, 7) is 5.39. The number of hydrogen-bond acceptors (Lipinski definition) is 5. The Morgan fingerprint density at radius 1 is 1.27 bits per heavy atom. The third-order valence-corrected chi connectivity index (χ3v) is 4.28. The number of nitrogens with one attached hydrogen (secondary N) is 1. The molecule has 0 heterocycles. The molecule has 0 spiro atoms. The van der Waals surface area contributed by atoms with E-state index in [2.05, 4.69) is 10.5 Å². The van der Waals surface area contributed by atoms with Crippen molar-refractivity contribution in [3.63, 3.8) is 0 Å². The van der Waals surface area contributed by atoms with Gasteiger partial charge in [0, 0.05) is 5.02 Å². The molecule has 1 atom stereocenters. The van der Waals surface area contributed by atoms with Crippen LogP contribution in [0.15, 0.2) is 35.4 Å². The van der Waals surface area contributed by atoms with Gasteiger partial charge in [-0.1, -0.05) is 11.6 Å². The third-order valence-electron chi connectivity index (χ3n) is 3.68. The van der Waals surface area contributed by atoms with Crippen LogP contribution in [-0.2, 0) is 4.79 Å². The maximum Gasteiger partial charge on any atom is 0.280 e. The number of hydrazone groups is 1. The first-order valence-electron chi connectivity index (χ1n) is 7.95. The Labute approximate surface area is 157 Å². The minimum atomic E-state index is -0.735. The van der Waals surface area contributed by atoms with Gasteiger partial charge in [0.1, 0.15) is 5.75 Å². The number of phenolic OH excluding ortho intramolecular Hbond substituents is 1. The molecule has 0 aromatic heterocycles. The van der Waals surface area contributed by atoms with E-state index < -0.39 is 12.0 Å². The molecular weight excluding hydrogens is 356 g/mol. The van der Waals surface area contributed by atoms with Crippen molar-refractivity contribution >= 4 is 23.7 Å². The van der Waals surface area contributed by atoms with Crippen LogP contribution in [0.2, 0.25) is 5.02 Å². The smallest absolute Gasteiger partial charge is 0.280 e. The molecule has 0 saturated carbocycles. The Hall–Kier alpha value is -2.73. The first-order chi connectivity index (χ1) is 12.3. The molecule has 138 valence electrons. The van der Waals surface area contributed by atoms with Crippen molar-refractivity contribution in [2.75, 3.05) is 7.11 Å². The zero-order chi connectivity index (χ0) is 19.3. The van der Waals surface area contributed by atoms with E-state index in [0.29, 0.717) is 22.1 Å². The highest BCUT2D eigenvalue weighted by Gasteiger charge is 2.15. The van der Waals surface area contributed by atoms with E-state index in [1.54, 1.807) is 31.2 Å². The SMILES string of the molecule is COc1cc(C=NNC(=O)C(C)Oc2cc(C)c(Cl)c(C)c2)ccc1O. The van der Waals surface area contributed by atoms with E-state index in [1.165, 1.54) is 19.4 Å². The maximum absolute atomic E-state index is 12.1. The molecule has 0 bridgehead atoms. The molecule has 0 aliphatic rings. The lowest BCUT2D eigenvalue weighted by molar-refractivity contribution is -0.127. The largest absolute Gasteiger partial charge is 0.504 e. The summed E-state index contributed by atoms with van der Waals surface area (Å²) in [4.78, 5) is 12.1. The van der Waals surface area contributed by atoms with Gasteiger partial charge in [0.25, 0.3) is 5.91 Å². The van der Waals surface area contributed by atoms with Gasteiger partial charge in [-0.15, -0.1) is 0 Å². The second-order valence-corrected chi connectivity index (χ2v) is 6.17. The fourth-order valence-corrected chi connectivity index (χ4v) is 2.38. The van der Waals surface area contributed by atoms with Crippen LogP contribution in [0.3, 0.4) is 0 Å². The van der Waals surface area contributed by atoms with E-state index >= 15 is 0 Å². The van der Waals surface area contributed by atoms with Gasteiger partial charge in [0.15, 0.2) is 17.6 Å². The van der Waals surface area contributed by atoms with E-state index in [9.17, 15) is 9.90 Å². The van der Waals surface area contributed by atoms with Crippen LogP contribution in [0.5, 0.6) is 17.2 Å². The van der Waals surface area contributed by atoms with Gasteiger partial charge in [-0.25, -0.2) is 5.43 Å². The number of benzene rings is 2. The molecule has 0 radical (unpaired) electrons. The summed E-state index contributed by atoms with van der Waals surface area (Å²) in [6.07, 6.45) is 0.713. The standard InChI is InChI=1S/C19H21ClN2O4/c1-11-7-15(8-12(2)18(11)20)26-13(3)19(24)22-21-10-14-5-6-16(23)17(9-14)25-4/h5-10,13,23H,1-4H3,(H,22,24). The molecule has 0 aliphatic carbocycles. The minimum Gasteiger partial charge on any atom is -0.504 e. The Kier molecular flexibility index (Phi) is 6.46. The molecule has 7 heteroatoms. The number of halogens is 1. The second-order valence-electron chi connectivity index (χ2n) is 5.80. The van der Waals surface area contributed by atoms with Gasteiger partial charge in [-0.3, -0.25) is 4.79 Å². The summed E-state index contributed by atoms with van der Waals surface area (Å²) >= 11 is 6.13. The molecule has 2 rings (SSSR count). The number of nitrogens with zero attached hydrogens (tertiary/aromatic N) is 1. The normalized spacial score (nSPS) is 12.0. The molecule has 0 saturated heterocycles. The number of rotatable bonds is 6. The van der Waals surface area contributed by atoms with Crippen molar-refractivity contribution in [1.82, 2.24) is 5.43 Å². The fraction of sp³-hybridized carbons (Fsp3) is 0.263. The molecule has 2 aromatic carbocycles. The van der Waals surface area contributed by atoms with Crippen LogP contribution in [0.25, 0.3) is 0 Å². The number of phenols is 1. The van der Waals surface area contributed by atoms with Gasteiger partial charge in [0.2, 0.25) is 0 Å². The van der Waals surface area contributed by atoms with Crippen LogP contribution in [0, 0.1) is 13.8 Å². The van der Waals surface area contributed by atoms with Gasteiger partial charge in [-0.05, 0) is 67.8 Å². The van der Waals surface area contributed by atoms with Crippen molar-refractivity contribution in [3.05, 3.63) is 52.0 Å². The summed E-state index contributed by atoms with van der Waals surface area (Å²) in [6, 6.07) is 8.30. The molecule has 0 aliphatic heterocycles. The monoisotopic (exact) mass is 376 g/mol. The van der Waals surface area contributed by atoms with Crippen LogP contribution >= 0.6 is 11.6 Å². The number of aryl methyl sites for hydroxylation is 2. The minimum absolute atomic E-state index is 0.0317. The van der Waals surface area contributed by atoms with Crippen LogP contribution in [0.4, 0.5) is 0 Å². The van der Waals surface area contributed by atoms with Gasteiger partial charge >= 0.3 is 0 Å². The Morgan fingerprint density at radius 3 is 2.54 bits per heavy atom. The summed E-state index contributed by atoms with van der Waals surface area (Å²) < 4.78 is 10.7. The second kappa shape index (κ2) is 8.58. The molecule has 2 aromatic rings. The molecule has 0 fully saturated rings. The Balaban J connectivity index is 1.97. The number of amides is 1. The average molecular weight is 377 g/mol. The molecule has 1 unspecified atom stereocenters. The van der Waals surface area contributed by atoms with E-state index in [1.807, 2.05) is 13.8 Å². The average Bonchev–Trinajstić information content (AvgIpc) is 2.60. The molecule has 6 nitrogen and oxygen atoms in total. The van der Waals surface area contributed by atoms with Crippen molar-refractivity contribution in [1.29, 1.82) is 0 Å². The summed E-state index contributed by atoms with van der Waals surface area (Å²) in [7, 11) is 1.46. The predicted molar refractivity (Wildman–Crippen MR) is 101 cm³/mol. The fourth-order valence-electron chi connectivity index (χ4n) is 2.27. The quantitative estimate of drug-likeness (QED) is 0.596. The van der Waals surface area contributed by atoms with Crippen molar-refractivity contribution in [3.8, 4) is 17.2 Å². The van der Waals surface area contributed by atoms with E-state index in [4.69, 9.17) is 21.1 Å². The van der Waals surface area contributed by atoms with Gasteiger partial charge in [0.05, 0.1) is 13.3 Å². The van der Waals surface area contributed by atoms with Crippen LogP contribution < -0.4 is 14.9 Å². The highest BCUT2D eigenvalue weighted by atomic mass is 35.5. The van der Waals surface area contributed by atoms with Crippen LogP contribution in [0.1, 0.15) is 23.6 Å². The molecular formula is C19H21ClN2O4. The third kappa shape index (κ3) is 4.89. The van der Waals surface area contributed by atoms with E-state index in [0.717, 1.165) is 11.1 Å². The first-order valence-corrected chi connectivity index (χ1v) is 8.33. The zero-order valence-corrected chi connectivity index (χ0v) is 15.8. The molecule has 26 heavy (non-hydrogen) atoms. The number of carbonyl (C=O) groups excluding carboxylic acids is 1. The first kappa shape index (κ1) is 19.6. The molecule has 2 N–H and O–H groups in total. The maximum atomic E-state index is 12.1. The lowest BCUT2D eigenvalue weighted by atomic mass is 10.1. The summed E-state index contributed by atoms with van der Waals surface area (Å²) in [5.41, 5.74) is 4.85. The van der Waals surface area contributed by atoms with Crippen molar-refractivity contribution in [2.24, 2.45) is 5.10 Å². The predicted octanol–water partition coefficient (Wildman–Crippen LogP) is 3.59. The van der Waals surface area contributed by atoms with Crippen LogP contribution in [-0.4, -0.2) is 30.4 Å². The Morgan fingerprint density at radius 2 is 1.92 bits per heavy atom. The number of ether oxygens (including phenoxy) is 2. The highest BCUT2D eigenvalue weighted by molar-refractivity contribution is 6.32. The van der Waals surface area contributed by atoms with E-state index in [-0.39, 0.29) is 5.75 Å². The highest BCUT2D eigenvalue weighted by Crippen LogP contribution is 2.27. The lowest BCUT2D eigenvalue weighted by Crippen LogP contribution is -2.33. The Bertz CT molecular complexity index is 813. The number of aromatic hydroxyl groups is 1. The van der Waals surface area contributed by atoms with Gasteiger partial charge < -0.3 is 14.6 Å².